The predicted octanol–water partition coefficient (Wildman–Crippen LogP) is 2.78. The molecule has 0 saturated heterocycles. The summed E-state index contributed by atoms with van der Waals surface area (Å²) in [4.78, 5) is 0. The second-order valence-electron chi connectivity index (χ2n) is 6.18. The molecule has 4 atom stereocenters. The van der Waals surface area contributed by atoms with Gasteiger partial charge in [-0.05, 0) is 49.4 Å². The van der Waals surface area contributed by atoms with Gasteiger partial charge in [0.2, 0.25) is 0 Å². The zero-order valence-electron chi connectivity index (χ0n) is 10.9. The third-order valence-electron chi connectivity index (χ3n) is 4.20. The van der Waals surface area contributed by atoms with Gasteiger partial charge in [-0.15, -0.1) is 0 Å². The molecule has 0 bridgehead atoms. The molecule has 0 heterocycles. The van der Waals surface area contributed by atoms with E-state index in [2.05, 4.69) is 27.7 Å². The van der Waals surface area contributed by atoms with Crippen LogP contribution in [0.1, 0.15) is 52.9 Å². The lowest BCUT2D eigenvalue weighted by molar-refractivity contribution is -0.0285. The van der Waals surface area contributed by atoms with Crippen LogP contribution in [0.2, 0.25) is 0 Å². The van der Waals surface area contributed by atoms with E-state index in [0.717, 1.165) is 25.7 Å². The van der Waals surface area contributed by atoms with Gasteiger partial charge in [-0.25, -0.2) is 0 Å². The van der Waals surface area contributed by atoms with E-state index in [1.165, 1.54) is 0 Å². The van der Waals surface area contributed by atoms with Crippen molar-refractivity contribution in [3.8, 4) is 0 Å². The van der Waals surface area contributed by atoms with Gasteiger partial charge >= 0.3 is 0 Å². The third-order valence-corrected chi connectivity index (χ3v) is 4.20. The zero-order chi connectivity index (χ0) is 12.3. The van der Waals surface area contributed by atoms with Gasteiger partial charge in [0.05, 0.1) is 12.2 Å². The maximum Gasteiger partial charge on any atom is 0.0576 e. The minimum absolute atomic E-state index is 0.0991. The molecule has 95 valence electrons. The predicted molar refractivity (Wildman–Crippen MR) is 66.9 cm³/mol. The van der Waals surface area contributed by atoms with E-state index in [1.807, 2.05) is 0 Å². The summed E-state index contributed by atoms with van der Waals surface area (Å²) in [6.07, 6.45) is 3.86. The van der Waals surface area contributed by atoms with Gasteiger partial charge in [-0.2, -0.15) is 0 Å². The smallest absolute Gasteiger partial charge is 0.0576 e. The minimum Gasteiger partial charge on any atom is -0.393 e. The molecule has 1 radical (unpaired) electrons. The fourth-order valence-electron chi connectivity index (χ4n) is 3.10. The van der Waals surface area contributed by atoms with Crippen LogP contribution in [0.4, 0.5) is 0 Å². The van der Waals surface area contributed by atoms with Gasteiger partial charge in [-0.1, -0.05) is 27.7 Å². The van der Waals surface area contributed by atoms with Gasteiger partial charge in [0.25, 0.3) is 0 Å². The maximum absolute atomic E-state index is 10.2. The first-order valence-corrected chi connectivity index (χ1v) is 6.53. The van der Waals surface area contributed by atoms with Crippen molar-refractivity contribution in [3.63, 3.8) is 0 Å². The lowest BCUT2D eigenvalue weighted by Gasteiger charge is -2.43. The molecule has 2 N–H and O–H groups in total. The van der Waals surface area contributed by atoms with Crippen LogP contribution in [0.5, 0.6) is 0 Å². The summed E-state index contributed by atoms with van der Waals surface area (Å²) in [5.74, 6) is 0.988. The van der Waals surface area contributed by atoms with Crippen LogP contribution in [0.3, 0.4) is 0 Å². The normalized spacial score (nSPS) is 37.7. The average Bonchev–Trinajstić information content (AvgIpc) is 2.16. The van der Waals surface area contributed by atoms with Crippen LogP contribution in [-0.2, 0) is 0 Å². The standard InChI is InChI=1S/C14H27O2/c1-5-11(15)8-14(4)7-6-12(10(2)3)13(16)9-14/h10-13,15-16H,1,5-9H2,2-4H3/t11?,12-,13+,14-/m0/s1. The molecule has 0 aromatic carbocycles. The molecule has 1 rings (SSSR count). The molecule has 0 amide bonds. The Hall–Kier alpha value is -0.0800. The van der Waals surface area contributed by atoms with E-state index in [1.54, 1.807) is 0 Å². The third kappa shape index (κ3) is 3.46. The number of rotatable bonds is 4. The highest BCUT2D eigenvalue weighted by Crippen LogP contribution is 2.44. The molecule has 16 heavy (non-hydrogen) atoms. The van der Waals surface area contributed by atoms with Crippen molar-refractivity contribution in [2.24, 2.45) is 17.3 Å². The Labute approximate surface area is 100 Å². The van der Waals surface area contributed by atoms with Crippen LogP contribution >= 0.6 is 0 Å². The highest BCUT2D eigenvalue weighted by Gasteiger charge is 2.38. The summed E-state index contributed by atoms with van der Waals surface area (Å²) in [7, 11) is 0. The first-order chi connectivity index (χ1) is 7.38. The quantitative estimate of drug-likeness (QED) is 0.775. The van der Waals surface area contributed by atoms with Crippen molar-refractivity contribution in [1.82, 2.24) is 0 Å². The first kappa shape index (κ1) is 14.0. The molecular formula is C14H27O2. The topological polar surface area (TPSA) is 40.5 Å². The first-order valence-electron chi connectivity index (χ1n) is 6.53. The Morgan fingerprint density at radius 1 is 1.44 bits per heavy atom. The molecule has 0 aliphatic heterocycles. The second-order valence-corrected chi connectivity index (χ2v) is 6.18. The molecule has 0 aromatic heterocycles. The Kier molecular flexibility index (Phi) is 4.81. The number of hydrogen-bond acceptors (Lipinski definition) is 2. The van der Waals surface area contributed by atoms with Gasteiger partial charge in [0, 0.05) is 0 Å². The molecule has 1 saturated carbocycles. The second kappa shape index (κ2) is 5.50. The SMILES string of the molecule is [CH2]CC(O)C[C@]1(C)CC[C@@H](C(C)C)[C@H](O)C1. The Morgan fingerprint density at radius 3 is 2.50 bits per heavy atom. The lowest BCUT2D eigenvalue weighted by Crippen LogP contribution is -2.39. The molecule has 1 fully saturated rings. The zero-order valence-corrected chi connectivity index (χ0v) is 10.9. The highest BCUT2D eigenvalue weighted by molar-refractivity contribution is 4.89. The van der Waals surface area contributed by atoms with Crippen molar-refractivity contribution in [2.45, 2.75) is 65.1 Å². The molecule has 0 aromatic rings. The molecule has 1 aliphatic carbocycles. The summed E-state index contributed by atoms with van der Waals surface area (Å²) in [5, 5.41) is 19.9. The summed E-state index contributed by atoms with van der Waals surface area (Å²) in [5.41, 5.74) is 0.0991. The van der Waals surface area contributed by atoms with Crippen molar-refractivity contribution < 1.29 is 10.2 Å². The van der Waals surface area contributed by atoms with Gasteiger partial charge in [-0.3, -0.25) is 0 Å². The molecule has 2 heteroatoms. The molecule has 1 aliphatic rings. The van der Waals surface area contributed by atoms with Crippen LogP contribution in [0, 0.1) is 24.2 Å². The number of aliphatic hydroxyl groups is 2. The van der Waals surface area contributed by atoms with Crippen molar-refractivity contribution in [3.05, 3.63) is 6.92 Å². The summed E-state index contributed by atoms with van der Waals surface area (Å²) < 4.78 is 0. The molecule has 2 nitrogen and oxygen atoms in total. The molecule has 1 unspecified atom stereocenters. The van der Waals surface area contributed by atoms with Gasteiger partial charge in [0.15, 0.2) is 0 Å². The largest absolute Gasteiger partial charge is 0.393 e. The Morgan fingerprint density at radius 2 is 2.06 bits per heavy atom. The van der Waals surface area contributed by atoms with Crippen LogP contribution < -0.4 is 0 Å². The monoisotopic (exact) mass is 227 g/mol. The molecule has 0 spiro atoms. The average molecular weight is 227 g/mol. The van der Waals surface area contributed by atoms with Gasteiger partial charge in [0.1, 0.15) is 0 Å². The van der Waals surface area contributed by atoms with Crippen LogP contribution in [-0.4, -0.2) is 22.4 Å². The van der Waals surface area contributed by atoms with Crippen LogP contribution in [0.25, 0.3) is 0 Å². The maximum atomic E-state index is 10.2. The van der Waals surface area contributed by atoms with E-state index in [4.69, 9.17) is 0 Å². The van der Waals surface area contributed by atoms with E-state index in [9.17, 15) is 10.2 Å². The van der Waals surface area contributed by atoms with E-state index >= 15 is 0 Å². The Balaban J connectivity index is 2.55. The summed E-state index contributed by atoms with van der Waals surface area (Å²) in [6, 6.07) is 0. The lowest BCUT2D eigenvalue weighted by atomic mass is 9.65. The number of aliphatic hydroxyl groups excluding tert-OH is 2. The fourth-order valence-corrected chi connectivity index (χ4v) is 3.10. The Bertz CT molecular complexity index is 215. The van der Waals surface area contributed by atoms with Gasteiger partial charge < -0.3 is 10.2 Å². The van der Waals surface area contributed by atoms with Crippen molar-refractivity contribution in [2.75, 3.05) is 0 Å². The summed E-state index contributed by atoms with van der Waals surface area (Å²) in [6.45, 7) is 10.3. The van der Waals surface area contributed by atoms with Crippen LogP contribution in [0.15, 0.2) is 0 Å². The summed E-state index contributed by atoms with van der Waals surface area (Å²) >= 11 is 0. The molecular weight excluding hydrogens is 200 g/mol. The fraction of sp³-hybridized carbons (Fsp3) is 0.929. The van der Waals surface area contributed by atoms with E-state index < -0.39 is 0 Å². The van der Waals surface area contributed by atoms with Crippen molar-refractivity contribution >= 4 is 0 Å². The van der Waals surface area contributed by atoms with E-state index in [-0.39, 0.29) is 17.6 Å². The minimum atomic E-state index is -0.312. The highest BCUT2D eigenvalue weighted by atomic mass is 16.3. The van der Waals surface area contributed by atoms with Crippen molar-refractivity contribution in [1.29, 1.82) is 0 Å². The number of hydrogen-bond donors (Lipinski definition) is 2. The van der Waals surface area contributed by atoms with E-state index in [0.29, 0.717) is 18.3 Å².